The van der Waals surface area contributed by atoms with Crippen LogP contribution in [-0.4, -0.2) is 46.8 Å². The van der Waals surface area contributed by atoms with Crippen LogP contribution >= 0.6 is 0 Å². The molecule has 0 unspecified atom stereocenters. The highest BCUT2D eigenvalue weighted by atomic mass is 16.5. The van der Waals surface area contributed by atoms with E-state index in [1.165, 1.54) is 0 Å². The summed E-state index contributed by atoms with van der Waals surface area (Å²) in [5.41, 5.74) is 1.63. The summed E-state index contributed by atoms with van der Waals surface area (Å²) in [6.07, 6.45) is 5.35. The zero-order valence-electron chi connectivity index (χ0n) is 15.5. The van der Waals surface area contributed by atoms with Crippen molar-refractivity contribution in [2.75, 3.05) is 24.6 Å². The molecule has 3 heterocycles. The molecule has 1 aliphatic heterocycles. The summed E-state index contributed by atoms with van der Waals surface area (Å²) in [6.45, 7) is 7.83. The van der Waals surface area contributed by atoms with Gasteiger partial charge >= 0.3 is 0 Å². The molecule has 3 rings (SSSR count). The van der Waals surface area contributed by atoms with Crippen molar-refractivity contribution in [1.29, 1.82) is 0 Å². The number of rotatable bonds is 7. The number of ether oxygens (including phenoxy) is 1. The van der Waals surface area contributed by atoms with E-state index in [4.69, 9.17) is 9.26 Å². The number of carbonyl (C=O) groups excluding carboxylic acids is 1. The van der Waals surface area contributed by atoms with Gasteiger partial charge in [0.15, 0.2) is 5.82 Å². The normalized spacial score (nSPS) is 16.7. The fourth-order valence-electron chi connectivity index (χ4n) is 3.10. The van der Waals surface area contributed by atoms with Crippen molar-refractivity contribution in [3.05, 3.63) is 29.4 Å². The molecule has 0 bridgehead atoms. The maximum atomic E-state index is 12.4. The zero-order valence-corrected chi connectivity index (χ0v) is 15.5. The summed E-state index contributed by atoms with van der Waals surface area (Å²) in [5, 5.41) is 6.99. The molecule has 2 aromatic rings. The van der Waals surface area contributed by atoms with Gasteiger partial charge in [-0.1, -0.05) is 12.1 Å². The fraction of sp³-hybridized carbons (Fsp3) is 0.556. The Morgan fingerprint density at radius 1 is 1.38 bits per heavy atom. The van der Waals surface area contributed by atoms with E-state index in [1.807, 2.05) is 13.8 Å². The molecule has 26 heavy (non-hydrogen) atoms. The largest absolute Gasteiger partial charge is 0.475 e. The van der Waals surface area contributed by atoms with E-state index in [0.717, 1.165) is 36.5 Å². The second-order valence-corrected chi connectivity index (χ2v) is 6.51. The van der Waals surface area contributed by atoms with Crippen molar-refractivity contribution in [3.63, 3.8) is 0 Å². The molecule has 1 atom stereocenters. The quantitative estimate of drug-likeness (QED) is 0.806. The molecular formula is C18H25N5O3. The van der Waals surface area contributed by atoms with Gasteiger partial charge in [-0.3, -0.25) is 4.79 Å². The molecule has 0 radical (unpaired) electrons. The minimum atomic E-state index is -0.0205. The summed E-state index contributed by atoms with van der Waals surface area (Å²) in [6, 6.07) is 0.0732. The van der Waals surface area contributed by atoms with Gasteiger partial charge in [0, 0.05) is 37.1 Å². The van der Waals surface area contributed by atoms with Crippen LogP contribution in [0.5, 0.6) is 5.88 Å². The van der Waals surface area contributed by atoms with Crippen LogP contribution < -0.4 is 15.0 Å². The first-order valence-corrected chi connectivity index (χ1v) is 8.98. The highest BCUT2D eigenvalue weighted by molar-refractivity contribution is 5.79. The minimum Gasteiger partial charge on any atom is -0.475 e. The molecule has 0 saturated carbocycles. The molecular weight excluding hydrogens is 334 g/mol. The maximum Gasteiger partial charge on any atom is 0.257 e. The molecule has 2 aromatic heterocycles. The summed E-state index contributed by atoms with van der Waals surface area (Å²) in [5.74, 6) is 1.97. The van der Waals surface area contributed by atoms with Gasteiger partial charge in [-0.05, 0) is 26.7 Å². The van der Waals surface area contributed by atoms with Gasteiger partial charge in [0.25, 0.3) is 5.88 Å². The average molecular weight is 359 g/mol. The predicted molar refractivity (Wildman–Crippen MR) is 96.3 cm³/mol. The Morgan fingerprint density at radius 2 is 2.19 bits per heavy atom. The number of nitrogens with one attached hydrogen (secondary N) is 1. The Bertz CT molecular complexity index is 742. The standard InChI is InChI=1S/C18H25N5O3/c1-4-9-25-18-17(19-6-7-20-18)23-8-5-14(11-23)21-16(24)10-15-12(2)22-26-13(15)3/h6-7,14H,4-5,8-11H2,1-3H3,(H,21,24)/t14-/m1/s1. The smallest absolute Gasteiger partial charge is 0.257 e. The van der Waals surface area contributed by atoms with E-state index in [9.17, 15) is 4.79 Å². The van der Waals surface area contributed by atoms with Crippen LogP contribution in [0.1, 0.15) is 36.8 Å². The lowest BCUT2D eigenvalue weighted by atomic mass is 10.1. The van der Waals surface area contributed by atoms with E-state index in [0.29, 0.717) is 24.8 Å². The third-order valence-corrected chi connectivity index (χ3v) is 4.46. The highest BCUT2D eigenvalue weighted by Gasteiger charge is 2.27. The van der Waals surface area contributed by atoms with Crippen LogP contribution in [0.3, 0.4) is 0 Å². The molecule has 8 nitrogen and oxygen atoms in total. The van der Waals surface area contributed by atoms with Gasteiger partial charge < -0.3 is 19.5 Å². The number of carbonyl (C=O) groups is 1. The van der Waals surface area contributed by atoms with Gasteiger partial charge in [0.2, 0.25) is 5.91 Å². The van der Waals surface area contributed by atoms with Gasteiger partial charge in [-0.2, -0.15) is 0 Å². The first-order valence-electron chi connectivity index (χ1n) is 8.98. The third-order valence-electron chi connectivity index (χ3n) is 4.46. The molecule has 1 N–H and O–H groups in total. The van der Waals surface area contributed by atoms with Crippen molar-refractivity contribution in [2.24, 2.45) is 0 Å². The van der Waals surface area contributed by atoms with Crippen molar-refractivity contribution >= 4 is 11.7 Å². The number of hydrogen-bond donors (Lipinski definition) is 1. The second kappa shape index (κ2) is 8.16. The fourth-order valence-corrected chi connectivity index (χ4v) is 3.10. The topological polar surface area (TPSA) is 93.4 Å². The summed E-state index contributed by atoms with van der Waals surface area (Å²) in [7, 11) is 0. The first kappa shape index (κ1) is 18.2. The van der Waals surface area contributed by atoms with Crippen molar-refractivity contribution < 1.29 is 14.1 Å². The Morgan fingerprint density at radius 3 is 2.92 bits per heavy atom. The zero-order chi connectivity index (χ0) is 18.5. The Labute approximate surface area is 152 Å². The van der Waals surface area contributed by atoms with Crippen molar-refractivity contribution in [1.82, 2.24) is 20.4 Å². The lowest BCUT2D eigenvalue weighted by molar-refractivity contribution is -0.121. The molecule has 0 spiro atoms. The molecule has 1 amide bonds. The second-order valence-electron chi connectivity index (χ2n) is 6.51. The van der Waals surface area contributed by atoms with Crippen LogP contribution in [0.15, 0.2) is 16.9 Å². The van der Waals surface area contributed by atoms with Crippen LogP contribution in [0.25, 0.3) is 0 Å². The third kappa shape index (κ3) is 4.12. The summed E-state index contributed by atoms with van der Waals surface area (Å²) in [4.78, 5) is 23.2. The lowest BCUT2D eigenvalue weighted by Crippen LogP contribution is -2.38. The first-order chi connectivity index (χ1) is 12.6. The van der Waals surface area contributed by atoms with E-state index >= 15 is 0 Å². The molecule has 0 aromatic carbocycles. The van der Waals surface area contributed by atoms with E-state index in [1.54, 1.807) is 12.4 Å². The summed E-state index contributed by atoms with van der Waals surface area (Å²) >= 11 is 0. The number of aromatic nitrogens is 3. The van der Waals surface area contributed by atoms with Gasteiger partial charge in [-0.15, -0.1) is 0 Å². The van der Waals surface area contributed by atoms with Crippen LogP contribution in [0.2, 0.25) is 0 Å². The summed E-state index contributed by atoms with van der Waals surface area (Å²) < 4.78 is 10.8. The molecule has 140 valence electrons. The predicted octanol–water partition coefficient (Wildman–Crippen LogP) is 1.81. The molecule has 1 fully saturated rings. The van der Waals surface area contributed by atoms with Crippen LogP contribution in [0, 0.1) is 13.8 Å². The average Bonchev–Trinajstić information content (AvgIpc) is 3.22. The minimum absolute atomic E-state index is 0.0205. The molecule has 1 saturated heterocycles. The highest BCUT2D eigenvalue weighted by Crippen LogP contribution is 2.26. The number of hydrogen-bond acceptors (Lipinski definition) is 7. The monoisotopic (exact) mass is 359 g/mol. The number of nitrogens with zero attached hydrogens (tertiary/aromatic N) is 4. The molecule has 0 aliphatic carbocycles. The SMILES string of the molecule is CCCOc1nccnc1N1CC[C@@H](NC(=O)Cc2c(C)noc2C)C1. The van der Waals surface area contributed by atoms with Gasteiger partial charge in [0.1, 0.15) is 5.76 Å². The van der Waals surface area contributed by atoms with Crippen LogP contribution in [-0.2, 0) is 11.2 Å². The Balaban J connectivity index is 1.58. The van der Waals surface area contributed by atoms with Crippen LogP contribution in [0.4, 0.5) is 5.82 Å². The molecule has 8 heteroatoms. The molecule has 1 aliphatic rings. The van der Waals surface area contributed by atoms with E-state index < -0.39 is 0 Å². The van der Waals surface area contributed by atoms with Gasteiger partial charge in [-0.25, -0.2) is 9.97 Å². The van der Waals surface area contributed by atoms with Crippen molar-refractivity contribution in [3.8, 4) is 5.88 Å². The van der Waals surface area contributed by atoms with E-state index in [-0.39, 0.29) is 18.4 Å². The Kier molecular flexibility index (Phi) is 5.70. The van der Waals surface area contributed by atoms with E-state index in [2.05, 4.69) is 32.3 Å². The Hall–Kier alpha value is -2.64. The number of anilines is 1. The van der Waals surface area contributed by atoms with Crippen molar-refractivity contribution in [2.45, 2.75) is 46.1 Å². The number of amides is 1. The number of aryl methyl sites for hydroxylation is 2. The van der Waals surface area contributed by atoms with Gasteiger partial charge in [0.05, 0.1) is 18.7 Å². The maximum absolute atomic E-state index is 12.4. The lowest BCUT2D eigenvalue weighted by Gasteiger charge is -2.20.